The van der Waals surface area contributed by atoms with Crippen LogP contribution in [0.15, 0.2) is 29.2 Å². The van der Waals surface area contributed by atoms with E-state index in [1.54, 1.807) is 23.9 Å². The van der Waals surface area contributed by atoms with E-state index in [9.17, 15) is 4.79 Å². The number of pyridine rings is 2. The Morgan fingerprint density at radius 2 is 2.25 bits per heavy atom. The van der Waals surface area contributed by atoms with Gasteiger partial charge in [-0.1, -0.05) is 0 Å². The summed E-state index contributed by atoms with van der Waals surface area (Å²) in [5.74, 6) is 0. The van der Waals surface area contributed by atoms with Crippen LogP contribution in [-0.4, -0.2) is 34.8 Å². The molecule has 2 aromatic heterocycles. The first-order chi connectivity index (χ1) is 9.56. The van der Waals surface area contributed by atoms with E-state index in [2.05, 4.69) is 16.8 Å². The Kier molecular flexibility index (Phi) is 3.22. The molecule has 0 aliphatic carbocycles. The second-order valence-electron chi connectivity index (χ2n) is 5.28. The number of nitrogens with zero attached hydrogens (tertiary/aromatic N) is 3. The van der Waals surface area contributed by atoms with Crippen LogP contribution in [0.3, 0.4) is 0 Å². The summed E-state index contributed by atoms with van der Waals surface area (Å²) in [5.41, 5.74) is 1.57. The Morgan fingerprint density at radius 3 is 3.00 bits per heavy atom. The lowest BCUT2D eigenvalue weighted by Gasteiger charge is -2.37. The third-order valence-corrected chi connectivity index (χ3v) is 3.64. The van der Waals surface area contributed by atoms with Gasteiger partial charge in [0.25, 0.3) is 5.56 Å². The number of anilines is 1. The summed E-state index contributed by atoms with van der Waals surface area (Å²) in [6, 6.07) is 5.56. The Hall–Kier alpha value is -1.88. The van der Waals surface area contributed by atoms with Gasteiger partial charge in [-0.2, -0.15) is 0 Å². The molecule has 1 saturated heterocycles. The highest BCUT2D eigenvalue weighted by atomic mass is 16.5. The molecular weight excluding hydrogens is 254 g/mol. The summed E-state index contributed by atoms with van der Waals surface area (Å²) < 4.78 is 7.23. The molecule has 0 amide bonds. The molecule has 5 heteroatoms. The minimum atomic E-state index is -0.0884. The first-order valence-electron chi connectivity index (χ1n) is 6.74. The molecule has 0 bridgehead atoms. The van der Waals surface area contributed by atoms with E-state index in [-0.39, 0.29) is 17.8 Å². The molecule has 5 nitrogen and oxygen atoms in total. The fourth-order valence-corrected chi connectivity index (χ4v) is 2.76. The second-order valence-corrected chi connectivity index (χ2v) is 5.28. The minimum Gasteiger partial charge on any atom is -0.372 e. The average Bonchev–Trinajstić information content (AvgIpc) is 2.42. The molecule has 20 heavy (non-hydrogen) atoms. The Morgan fingerprint density at radius 1 is 1.45 bits per heavy atom. The van der Waals surface area contributed by atoms with E-state index in [4.69, 9.17) is 4.74 Å². The normalized spacial score (nSPS) is 23.2. The first-order valence-corrected chi connectivity index (χ1v) is 6.74. The molecule has 1 aliphatic heterocycles. The van der Waals surface area contributed by atoms with Crippen LogP contribution in [-0.2, 0) is 11.8 Å². The lowest BCUT2D eigenvalue weighted by molar-refractivity contribution is 0.00879. The lowest BCUT2D eigenvalue weighted by atomic mass is 10.1. The van der Waals surface area contributed by atoms with E-state index in [0.29, 0.717) is 12.2 Å². The zero-order chi connectivity index (χ0) is 14.3. The molecule has 1 aliphatic rings. The second kappa shape index (κ2) is 4.90. The molecule has 0 saturated carbocycles. The zero-order valence-corrected chi connectivity index (χ0v) is 11.7. The smallest absolute Gasteiger partial charge is 0.253 e. The molecule has 0 N–H and O–H groups in total. The van der Waals surface area contributed by atoms with Gasteiger partial charge in [-0.15, -0.1) is 0 Å². The van der Waals surface area contributed by atoms with Crippen molar-refractivity contribution in [2.24, 2.45) is 7.05 Å². The highest BCUT2D eigenvalue weighted by Gasteiger charge is 2.24. The Bertz CT molecular complexity index is 685. The largest absolute Gasteiger partial charge is 0.372 e. The molecule has 0 aromatic carbocycles. The Labute approximate surface area is 117 Å². The van der Waals surface area contributed by atoms with Gasteiger partial charge in [-0.3, -0.25) is 9.36 Å². The number of rotatable bonds is 1. The minimum absolute atomic E-state index is 0.0500. The molecule has 3 rings (SSSR count). The topological polar surface area (TPSA) is 47.4 Å². The fraction of sp³-hybridized carbons (Fsp3) is 0.400. The maximum absolute atomic E-state index is 12.1. The Balaban J connectivity index is 2.16. The number of aromatic nitrogens is 2. The molecule has 0 spiro atoms. The summed E-state index contributed by atoms with van der Waals surface area (Å²) in [7, 11) is 1.74. The predicted octanol–water partition coefficient (Wildman–Crippen LogP) is 1.36. The van der Waals surface area contributed by atoms with Gasteiger partial charge in [-0.25, -0.2) is 4.98 Å². The van der Waals surface area contributed by atoms with Crippen LogP contribution in [0.25, 0.3) is 11.0 Å². The van der Waals surface area contributed by atoms with E-state index in [0.717, 1.165) is 17.6 Å². The molecule has 3 heterocycles. The summed E-state index contributed by atoms with van der Waals surface area (Å²) in [6.45, 7) is 7.44. The van der Waals surface area contributed by atoms with Gasteiger partial charge in [0.15, 0.2) is 0 Å². The zero-order valence-electron chi connectivity index (χ0n) is 11.7. The van der Waals surface area contributed by atoms with E-state index < -0.39 is 0 Å². The van der Waals surface area contributed by atoms with Crippen molar-refractivity contribution in [1.82, 2.24) is 9.55 Å². The number of ether oxygens (including phenoxy) is 1. The number of aryl methyl sites for hydroxylation is 1. The van der Waals surface area contributed by atoms with Crippen LogP contribution in [0.4, 0.5) is 5.69 Å². The summed E-state index contributed by atoms with van der Waals surface area (Å²) in [5, 5.41) is 0.982. The SMILES string of the molecule is [CH2][C@@H]1CN(c2cc(=O)n(C)c3ncccc23)C[C@@H](C)O1. The van der Waals surface area contributed by atoms with Gasteiger partial charge in [0.05, 0.1) is 17.9 Å². The van der Waals surface area contributed by atoms with Gasteiger partial charge in [0.2, 0.25) is 0 Å². The highest BCUT2D eigenvalue weighted by molar-refractivity contribution is 5.89. The van der Waals surface area contributed by atoms with Crippen molar-refractivity contribution in [1.29, 1.82) is 0 Å². The van der Waals surface area contributed by atoms with Crippen molar-refractivity contribution in [3.63, 3.8) is 0 Å². The van der Waals surface area contributed by atoms with Crippen molar-refractivity contribution in [3.8, 4) is 0 Å². The summed E-state index contributed by atoms with van der Waals surface area (Å²) in [6.07, 6.45) is 1.72. The molecule has 1 fully saturated rings. The van der Waals surface area contributed by atoms with Gasteiger partial charge >= 0.3 is 0 Å². The van der Waals surface area contributed by atoms with Crippen LogP contribution in [0.2, 0.25) is 0 Å². The molecule has 2 atom stereocenters. The van der Waals surface area contributed by atoms with E-state index >= 15 is 0 Å². The summed E-state index contributed by atoms with van der Waals surface area (Å²) in [4.78, 5) is 18.6. The van der Waals surface area contributed by atoms with Crippen molar-refractivity contribution in [2.75, 3.05) is 18.0 Å². The number of hydrogen-bond donors (Lipinski definition) is 0. The predicted molar refractivity (Wildman–Crippen MR) is 78.9 cm³/mol. The summed E-state index contributed by atoms with van der Waals surface area (Å²) >= 11 is 0. The van der Waals surface area contributed by atoms with Crippen molar-refractivity contribution >= 4 is 16.7 Å². The number of fused-ring (bicyclic) bond motifs is 1. The third-order valence-electron chi connectivity index (χ3n) is 3.64. The van der Waals surface area contributed by atoms with Crippen LogP contribution in [0.5, 0.6) is 0 Å². The van der Waals surface area contributed by atoms with Gasteiger partial charge in [-0.05, 0) is 26.0 Å². The molecule has 105 valence electrons. The van der Waals surface area contributed by atoms with Crippen molar-refractivity contribution < 1.29 is 4.74 Å². The van der Waals surface area contributed by atoms with Crippen LogP contribution in [0, 0.1) is 6.92 Å². The third kappa shape index (κ3) is 2.18. The maximum atomic E-state index is 12.1. The standard InChI is InChI=1S/C15H18N3O2/c1-10-8-18(9-11(2)20-10)13-7-14(19)17(3)15-12(13)5-4-6-16-15/h4-7,10-11H,1,8-9H2,2-3H3/t10-,11-/m1/s1. The van der Waals surface area contributed by atoms with Gasteiger partial charge in [0, 0.05) is 37.8 Å². The molecule has 0 unspecified atom stereocenters. The average molecular weight is 272 g/mol. The van der Waals surface area contributed by atoms with Crippen molar-refractivity contribution in [2.45, 2.75) is 19.1 Å². The van der Waals surface area contributed by atoms with Gasteiger partial charge in [0.1, 0.15) is 5.65 Å². The first kappa shape index (κ1) is 13.1. The number of morpholine rings is 1. The molecule has 1 radical (unpaired) electrons. The maximum Gasteiger partial charge on any atom is 0.253 e. The van der Waals surface area contributed by atoms with E-state index in [1.807, 2.05) is 19.1 Å². The monoisotopic (exact) mass is 272 g/mol. The van der Waals surface area contributed by atoms with Crippen LogP contribution < -0.4 is 10.5 Å². The highest BCUT2D eigenvalue weighted by Crippen LogP contribution is 2.26. The lowest BCUT2D eigenvalue weighted by Crippen LogP contribution is -2.46. The van der Waals surface area contributed by atoms with Crippen molar-refractivity contribution in [3.05, 3.63) is 41.7 Å². The quantitative estimate of drug-likeness (QED) is 0.786. The molecular formula is C15H18N3O2. The van der Waals surface area contributed by atoms with Gasteiger partial charge < -0.3 is 9.64 Å². The van der Waals surface area contributed by atoms with Crippen LogP contribution in [0.1, 0.15) is 6.92 Å². The molecule has 2 aromatic rings. The van der Waals surface area contributed by atoms with Crippen LogP contribution >= 0.6 is 0 Å². The van der Waals surface area contributed by atoms with E-state index in [1.165, 1.54) is 0 Å². The fourth-order valence-electron chi connectivity index (χ4n) is 2.76. The number of hydrogen-bond acceptors (Lipinski definition) is 4.